The largest absolute Gasteiger partial charge is 0.299 e. The van der Waals surface area contributed by atoms with E-state index < -0.39 is 7.36 Å². The smallest absolute Gasteiger partial charge is 0.212 e. The van der Waals surface area contributed by atoms with E-state index in [0.29, 0.717) is 5.11 Å². The van der Waals surface area contributed by atoms with E-state index in [-0.39, 0.29) is 5.16 Å². The van der Waals surface area contributed by atoms with Gasteiger partial charge in [0.25, 0.3) is 0 Å². The highest BCUT2D eigenvalue weighted by atomic mass is 32.1. The van der Waals surface area contributed by atoms with Gasteiger partial charge in [-0.25, -0.2) is 4.74 Å². The Labute approximate surface area is 195 Å². The highest BCUT2D eigenvalue weighted by Crippen LogP contribution is 2.66. The number of benzene rings is 1. The van der Waals surface area contributed by atoms with Crippen molar-refractivity contribution in [1.82, 2.24) is 14.8 Å². The number of nitrogens with zero attached hydrogens (tertiary/aromatic N) is 3. The van der Waals surface area contributed by atoms with Crippen LogP contribution in [0.4, 0.5) is 5.69 Å². The van der Waals surface area contributed by atoms with Crippen LogP contribution >= 0.6 is 19.6 Å². The number of rotatable bonds is 4. The molecule has 3 rings (SSSR count). The highest BCUT2D eigenvalue weighted by Gasteiger charge is 2.44. The summed E-state index contributed by atoms with van der Waals surface area (Å²) in [7, 11) is -2.02. The molecule has 0 saturated carbocycles. The maximum Gasteiger partial charge on any atom is 0.212 e. The molecule has 31 heavy (non-hydrogen) atoms. The number of nitrogens with one attached hydrogen (secondary N) is 2. The van der Waals surface area contributed by atoms with Crippen LogP contribution in [0, 0.1) is 6.92 Å². The number of hydrogen-bond donors (Lipinski definition) is 2. The van der Waals surface area contributed by atoms with Crippen molar-refractivity contribution < 1.29 is 0 Å². The fourth-order valence-corrected chi connectivity index (χ4v) is 9.87. The van der Waals surface area contributed by atoms with E-state index in [0.717, 1.165) is 31.9 Å². The maximum atomic E-state index is 5.84. The molecule has 5 nitrogen and oxygen atoms in total. The van der Waals surface area contributed by atoms with Crippen molar-refractivity contribution in [2.24, 2.45) is 4.74 Å². The topological polar surface area (TPSA) is 42.9 Å². The summed E-state index contributed by atoms with van der Waals surface area (Å²) >= 11 is 5.84. The third-order valence-electron chi connectivity index (χ3n) is 6.45. The summed E-state index contributed by atoms with van der Waals surface area (Å²) in [4.78, 5) is 0. The minimum atomic E-state index is -2.02. The summed E-state index contributed by atoms with van der Waals surface area (Å²) in [5.41, 5.74) is 8.77. The van der Waals surface area contributed by atoms with Crippen LogP contribution in [0.25, 0.3) is 0 Å². The Balaban J connectivity index is 1.95. The summed E-state index contributed by atoms with van der Waals surface area (Å²) in [6, 6.07) is 8.34. The molecule has 1 aromatic rings. The molecular weight excluding hydrogens is 421 g/mol. The predicted octanol–water partition coefficient (Wildman–Crippen LogP) is 6.78. The van der Waals surface area contributed by atoms with Crippen molar-refractivity contribution >= 4 is 30.4 Å². The van der Waals surface area contributed by atoms with Gasteiger partial charge in [0.05, 0.1) is 5.69 Å². The summed E-state index contributed by atoms with van der Waals surface area (Å²) < 4.78 is 11.0. The second kappa shape index (κ2) is 11.3. The maximum absolute atomic E-state index is 5.84. The van der Waals surface area contributed by atoms with Crippen molar-refractivity contribution in [3.05, 3.63) is 29.8 Å². The molecule has 2 N–H and O–H groups in total. The minimum Gasteiger partial charge on any atom is -0.299 e. The first kappa shape index (κ1) is 24.7. The lowest BCUT2D eigenvalue weighted by atomic mass is 10.2. The van der Waals surface area contributed by atoms with Crippen LogP contribution in [-0.4, -0.2) is 45.8 Å². The molecule has 2 heterocycles. The van der Waals surface area contributed by atoms with Gasteiger partial charge in [0.1, 0.15) is 7.36 Å². The van der Waals surface area contributed by atoms with Crippen molar-refractivity contribution in [2.45, 2.75) is 84.2 Å². The van der Waals surface area contributed by atoms with Gasteiger partial charge in [-0.1, -0.05) is 64.2 Å². The number of aryl methyl sites for hydroxylation is 1. The van der Waals surface area contributed by atoms with Gasteiger partial charge < -0.3 is 0 Å². The molecule has 2 aliphatic heterocycles. The lowest BCUT2D eigenvalue weighted by Gasteiger charge is -2.50. The van der Waals surface area contributed by atoms with Crippen molar-refractivity contribution in [2.75, 3.05) is 31.6 Å². The van der Waals surface area contributed by atoms with Crippen LogP contribution in [0.2, 0.25) is 0 Å². The van der Waals surface area contributed by atoms with Gasteiger partial charge in [-0.05, 0) is 57.0 Å². The second-order valence-electron chi connectivity index (χ2n) is 10.00. The Bertz CT molecular complexity index is 731. The zero-order valence-corrected chi connectivity index (χ0v) is 21.7. The fourth-order valence-electron chi connectivity index (χ4n) is 4.88. The monoisotopic (exact) mass is 463 g/mol. The first-order valence-corrected chi connectivity index (χ1v) is 14.1. The standard InChI is InChI=1S/C24H42N5PS/c1-21-13-15-22(16-14-21)25-26-23(31)27-30(24(2,3)4,28-17-9-5-6-10-18-28)29-19-11-7-8-12-20-29/h13-16,25H,5-12,17-20H2,1-4H3,(H,26,31). The van der Waals surface area contributed by atoms with E-state index in [4.69, 9.17) is 17.0 Å². The molecule has 174 valence electrons. The average molecular weight is 464 g/mol. The number of hydrogen-bond acceptors (Lipinski definition) is 2. The SMILES string of the molecule is Cc1ccc(NNC(=S)N=P(N2CCCCCC2)(N2CCCCCC2)C(C)(C)C)cc1. The Morgan fingerprint density at radius 3 is 1.71 bits per heavy atom. The van der Waals surface area contributed by atoms with Gasteiger partial charge in [-0.3, -0.25) is 20.2 Å². The van der Waals surface area contributed by atoms with E-state index in [2.05, 4.69) is 72.2 Å². The summed E-state index contributed by atoms with van der Waals surface area (Å²) in [5, 5.41) is 0.620. The van der Waals surface area contributed by atoms with Crippen LogP contribution in [0.3, 0.4) is 0 Å². The molecule has 0 amide bonds. The van der Waals surface area contributed by atoms with E-state index in [1.165, 1.54) is 56.9 Å². The van der Waals surface area contributed by atoms with Gasteiger partial charge in [0.2, 0.25) is 5.11 Å². The van der Waals surface area contributed by atoms with E-state index in [1.54, 1.807) is 0 Å². The number of thiocarbonyl (C=S) groups is 1. The molecule has 0 bridgehead atoms. The minimum absolute atomic E-state index is 0.0390. The molecule has 0 atom stereocenters. The molecule has 7 heteroatoms. The molecule has 0 unspecified atom stereocenters. The average Bonchev–Trinajstić information content (AvgIpc) is 3.16. The van der Waals surface area contributed by atoms with Crippen LogP contribution in [0.15, 0.2) is 29.0 Å². The first-order valence-electron chi connectivity index (χ1n) is 12.1. The molecular formula is C24H42N5PS. The van der Waals surface area contributed by atoms with Gasteiger partial charge >= 0.3 is 0 Å². The molecule has 2 fully saturated rings. The van der Waals surface area contributed by atoms with Crippen LogP contribution < -0.4 is 10.9 Å². The zero-order chi connectivity index (χ0) is 22.3. The van der Waals surface area contributed by atoms with Crippen LogP contribution in [0.1, 0.15) is 77.7 Å². The van der Waals surface area contributed by atoms with Crippen LogP contribution in [-0.2, 0) is 0 Å². The molecule has 2 saturated heterocycles. The predicted molar refractivity (Wildman–Crippen MR) is 140 cm³/mol. The van der Waals surface area contributed by atoms with E-state index in [1.807, 2.05) is 0 Å². The molecule has 0 radical (unpaired) electrons. The third kappa shape index (κ3) is 6.31. The van der Waals surface area contributed by atoms with Gasteiger partial charge in [-0.15, -0.1) is 0 Å². The van der Waals surface area contributed by atoms with Crippen molar-refractivity contribution in [3.8, 4) is 0 Å². The quantitative estimate of drug-likeness (QED) is 0.293. The Kier molecular flexibility index (Phi) is 8.98. The summed E-state index contributed by atoms with van der Waals surface area (Å²) in [5.74, 6) is 0. The molecule has 0 spiro atoms. The second-order valence-corrected chi connectivity index (χ2v) is 14.2. The van der Waals surface area contributed by atoms with Gasteiger partial charge in [0.15, 0.2) is 0 Å². The third-order valence-corrected chi connectivity index (χ3v) is 11.4. The van der Waals surface area contributed by atoms with E-state index >= 15 is 0 Å². The Morgan fingerprint density at radius 2 is 1.29 bits per heavy atom. The molecule has 2 aliphatic rings. The molecule has 0 aliphatic carbocycles. The Hall–Kier alpha value is -0.940. The van der Waals surface area contributed by atoms with E-state index in [9.17, 15) is 0 Å². The van der Waals surface area contributed by atoms with Crippen molar-refractivity contribution in [3.63, 3.8) is 0 Å². The zero-order valence-electron chi connectivity index (χ0n) is 20.0. The lowest BCUT2D eigenvalue weighted by Crippen LogP contribution is -2.42. The molecule has 0 aromatic heterocycles. The van der Waals surface area contributed by atoms with Crippen LogP contribution in [0.5, 0.6) is 0 Å². The summed E-state index contributed by atoms with van der Waals surface area (Å²) in [6.45, 7) is 13.8. The highest BCUT2D eigenvalue weighted by molar-refractivity contribution is 7.81. The summed E-state index contributed by atoms with van der Waals surface area (Å²) in [6.07, 6.45) is 10.4. The fraction of sp³-hybridized carbons (Fsp3) is 0.708. The number of anilines is 1. The number of hydrazine groups is 1. The van der Waals surface area contributed by atoms with Crippen molar-refractivity contribution in [1.29, 1.82) is 0 Å². The molecule has 1 aromatic carbocycles. The van der Waals surface area contributed by atoms with Gasteiger partial charge in [-0.2, -0.15) is 0 Å². The Morgan fingerprint density at radius 1 is 0.839 bits per heavy atom. The normalized spacial score (nSPS) is 19.9. The first-order chi connectivity index (χ1) is 14.8. The lowest BCUT2D eigenvalue weighted by molar-refractivity contribution is 0.368. The van der Waals surface area contributed by atoms with Gasteiger partial charge in [0, 0.05) is 31.3 Å².